The van der Waals surface area contributed by atoms with Crippen LogP contribution in [0.5, 0.6) is 0 Å². The standard InChI is InChI=1S/C14H15NO6S/c1-20-14(17)10-2-4-12(5-3-10)22(18,19)15-8-13(16)11-6-7-21-9-11/h2-7,9,13,15-16H,8H2,1H3. The van der Waals surface area contributed by atoms with Crippen LogP contribution in [-0.2, 0) is 14.8 Å². The summed E-state index contributed by atoms with van der Waals surface area (Å²) < 4.78 is 35.8. The summed E-state index contributed by atoms with van der Waals surface area (Å²) in [5.74, 6) is -0.549. The van der Waals surface area contributed by atoms with Gasteiger partial charge in [-0.05, 0) is 30.3 Å². The molecule has 2 rings (SSSR count). The van der Waals surface area contributed by atoms with Crippen LogP contribution in [0.3, 0.4) is 0 Å². The second kappa shape index (κ2) is 6.73. The Hall–Kier alpha value is -2.16. The SMILES string of the molecule is COC(=O)c1ccc(S(=O)(=O)NCC(O)c2ccoc2)cc1. The van der Waals surface area contributed by atoms with Crippen LogP contribution < -0.4 is 4.72 Å². The molecule has 2 N–H and O–H groups in total. The highest BCUT2D eigenvalue weighted by Crippen LogP contribution is 2.15. The number of hydrogen-bond acceptors (Lipinski definition) is 6. The second-order valence-corrected chi connectivity index (χ2v) is 6.21. The lowest BCUT2D eigenvalue weighted by Gasteiger charge is -2.11. The predicted molar refractivity (Wildman–Crippen MR) is 76.6 cm³/mol. The van der Waals surface area contributed by atoms with Gasteiger partial charge in [0.05, 0.1) is 36.2 Å². The lowest BCUT2D eigenvalue weighted by molar-refractivity contribution is 0.0600. The fraction of sp³-hybridized carbons (Fsp3) is 0.214. The predicted octanol–water partition coefficient (Wildman–Crippen LogP) is 1.08. The quantitative estimate of drug-likeness (QED) is 0.770. The van der Waals surface area contributed by atoms with Crippen molar-refractivity contribution < 1.29 is 27.5 Å². The largest absolute Gasteiger partial charge is 0.472 e. The number of esters is 1. The summed E-state index contributed by atoms with van der Waals surface area (Å²) in [4.78, 5) is 11.3. The maximum Gasteiger partial charge on any atom is 0.337 e. The van der Waals surface area contributed by atoms with Gasteiger partial charge in [0.25, 0.3) is 0 Å². The first kappa shape index (κ1) is 16.2. The van der Waals surface area contributed by atoms with E-state index in [2.05, 4.69) is 9.46 Å². The summed E-state index contributed by atoms with van der Waals surface area (Å²) in [6.07, 6.45) is 1.71. The van der Waals surface area contributed by atoms with E-state index in [1.165, 1.54) is 43.9 Å². The number of aliphatic hydroxyl groups is 1. The number of methoxy groups -OCH3 is 1. The van der Waals surface area contributed by atoms with Gasteiger partial charge < -0.3 is 14.3 Å². The molecule has 0 bridgehead atoms. The van der Waals surface area contributed by atoms with Gasteiger partial charge in [0.15, 0.2) is 0 Å². The van der Waals surface area contributed by atoms with Crippen LogP contribution >= 0.6 is 0 Å². The average molecular weight is 325 g/mol. The number of sulfonamides is 1. The molecule has 22 heavy (non-hydrogen) atoms. The maximum absolute atomic E-state index is 12.1. The van der Waals surface area contributed by atoms with E-state index in [1.807, 2.05) is 0 Å². The molecule has 0 saturated carbocycles. The minimum Gasteiger partial charge on any atom is -0.472 e. The van der Waals surface area contributed by atoms with Crippen molar-refractivity contribution in [1.29, 1.82) is 0 Å². The topological polar surface area (TPSA) is 106 Å². The molecule has 0 amide bonds. The van der Waals surface area contributed by atoms with E-state index in [0.717, 1.165) is 0 Å². The Kier molecular flexibility index (Phi) is 4.96. The van der Waals surface area contributed by atoms with Crippen LogP contribution in [0, 0.1) is 0 Å². The first-order valence-electron chi connectivity index (χ1n) is 6.32. The van der Waals surface area contributed by atoms with Crippen LogP contribution in [-0.4, -0.2) is 33.1 Å². The smallest absolute Gasteiger partial charge is 0.337 e. The molecule has 0 fully saturated rings. The average Bonchev–Trinajstić information content (AvgIpc) is 3.06. The maximum atomic E-state index is 12.1. The lowest BCUT2D eigenvalue weighted by Crippen LogP contribution is -2.28. The van der Waals surface area contributed by atoms with Crippen molar-refractivity contribution in [2.45, 2.75) is 11.0 Å². The Morgan fingerprint density at radius 2 is 2.00 bits per heavy atom. The summed E-state index contributed by atoms with van der Waals surface area (Å²) in [6.45, 7) is -0.194. The van der Waals surface area contributed by atoms with Crippen molar-refractivity contribution in [3.63, 3.8) is 0 Å². The van der Waals surface area contributed by atoms with Gasteiger partial charge in [-0.15, -0.1) is 0 Å². The molecule has 0 aliphatic rings. The van der Waals surface area contributed by atoms with E-state index in [9.17, 15) is 18.3 Å². The molecule has 0 aliphatic heterocycles. The molecule has 7 nitrogen and oxygen atoms in total. The molecule has 2 aromatic rings. The Balaban J connectivity index is 2.05. The number of benzene rings is 1. The normalized spacial score (nSPS) is 12.8. The number of nitrogens with one attached hydrogen (secondary N) is 1. The molecule has 1 unspecified atom stereocenters. The van der Waals surface area contributed by atoms with Gasteiger partial charge in [0, 0.05) is 12.1 Å². The zero-order chi connectivity index (χ0) is 16.2. The zero-order valence-corrected chi connectivity index (χ0v) is 12.5. The highest BCUT2D eigenvalue weighted by molar-refractivity contribution is 7.89. The van der Waals surface area contributed by atoms with Crippen LogP contribution in [0.2, 0.25) is 0 Å². The van der Waals surface area contributed by atoms with E-state index in [0.29, 0.717) is 5.56 Å². The van der Waals surface area contributed by atoms with Crippen molar-refractivity contribution in [3.8, 4) is 0 Å². The number of hydrogen-bond donors (Lipinski definition) is 2. The third-order valence-corrected chi connectivity index (χ3v) is 4.42. The van der Waals surface area contributed by atoms with Crippen LogP contribution in [0.1, 0.15) is 22.0 Å². The molecule has 0 spiro atoms. The van der Waals surface area contributed by atoms with Crippen molar-refractivity contribution >= 4 is 16.0 Å². The molecule has 1 atom stereocenters. The number of furan rings is 1. The number of aliphatic hydroxyl groups excluding tert-OH is 1. The molecular weight excluding hydrogens is 310 g/mol. The number of carbonyl (C=O) groups is 1. The van der Waals surface area contributed by atoms with E-state index in [4.69, 9.17) is 4.42 Å². The van der Waals surface area contributed by atoms with Gasteiger partial charge in [-0.3, -0.25) is 0 Å². The van der Waals surface area contributed by atoms with Gasteiger partial charge in [-0.1, -0.05) is 0 Å². The Morgan fingerprint density at radius 3 is 2.55 bits per heavy atom. The van der Waals surface area contributed by atoms with Gasteiger partial charge >= 0.3 is 5.97 Å². The Bertz CT molecular complexity index is 721. The fourth-order valence-corrected chi connectivity index (χ4v) is 2.78. The number of carbonyl (C=O) groups excluding carboxylic acids is 1. The monoisotopic (exact) mass is 325 g/mol. The summed E-state index contributed by atoms with van der Waals surface area (Å²) in [5.41, 5.74) is 0.726. The minimum atomic E-state index is -3.79. The van der Waals surface area contributed by atoms with E-state index < -0.39 is 22.1 Å². The highest BCUT2D eigenvalue weighted by Gasteiger charge is 2.18. The third-order valence-electron chi connectivity index (χ3n) is 2.98. The van der Waals surface area contributed by atoms with Crippen molar-refractivity contribution in [1.82, 2.24) is 4.72 Å². The molecule has 8 heteroatoms. The van der Waals surface area contributed by atoms with Crippen molar-refractivity contribution in [2.75, 3.05) is 13.7 Å². The van der Waals surface area contributed by atoms with Crippen LogP contribution in [0.25, 0.3) is 0 Å². The fourth-order valence-electron chi connectivity index (χ4n) is 1.74. The van der Waals surface area contributed by atoms with E-state index in [1.54, 1.807) is 6.07 Å². The molecule has 1 heterocycles. The molecule has 0 aliphatic carbocycles. The molecule has 118 valence electrons. The van der Waals surface area contributed by atoms with E-state index in [-0.39, 0.29) is 17.0 Å². The lowest BCUT2D eigenvalue weighted by atomic mass is 10.2. The summed E-state index contributed by atoms with van der Waals surface area (Å²) >= 11 is 0. The summed E-state index contributed by atoms with van der Waals surface area (Å²) in [7, 11) is -2.55. The first-order chi connectivity index (χ1) is 10.4. The molecular formula is C14H15NO6S. The second-order valence-electron chi connectivity index (χ2n) is 4.44. The zero-order valence-electron chi connectivity index (χ0n) is 11.7. The van der Waals surface area contributed by atoms with Gasteiger partial charge in [-0.2, -0.15) is 0 Å². The number of rotatable bonds is 6. The molecule has 0 saturated heterocycles. The van der Waals surface area contributed by atoms with Gasteiger partial charge in [0.2, 0.25) is 10.0 Å². The highest BCUT2D eigenvalue weighted by atomic mass is 32.2. The van der Waals surface area contributed by atoms with Crippen LogP contribution in [0.4, 0.5) is 0 Å². The molecule has 1 aromatic carbocycles. The third kappa shape index (κ3) is 3.73. The molecule has 0 radical (unpaired) electrons. The van der Waals surface area contributed by atoms with Crippen LogP contribution in [0.15, 0.2) is 52.2 Å². The van der Waals surface area contributed by atoms with Gasteiger partial charge in [0.1, 0.15) is 0 Å². The minimum absolute atomic E-state index is 0.0143. The summed E-state index contributed by atoms with van der Waals surface area (Å²) in [6, 6.07) is 6.83. The van der Waals surface area contributed by atoms with Crippen molar-refractivity contribution in [2.24, 2.45) is 0 Å². The van der Waals surface area contributed by atoms with Crippen molar-refractivity contribution in [3.05, 3.63) is 54.0 Å². The Morgan fingerprint density at radius 1 is 1.32 bits per heavy atom. The first-order valence-corrected chi connectivity index (χ1v) is 7.80. The number of ether oxygens (including phenoxy) is 1. The molecule has 1 aromatic heterocycles. The van der Waals surface area contributed by atoms with Gasteiger partial charge in [-0.25, -0.2) is 17.9 Å². The van der Waals surface area contributed by atoms with E-state index >= 15 is 0 Å². The Labute approximate surface area is 127 Å². The summed E-state index contributed by atoms with van der Waals surface area (Å²) in [5, 5.41) is 9.82.